The number of nitrogens with one attached hydrogen (secondary N) is 2. The second kappa shape index (κ2) is 6.39. The maximum Gasteiger partial charge on any atom is 0.224 e. The standard InChI is InChI=1S/C16H25ClN4/c1-3-6-18-16-19-9-14(17)15(21-16)20-10(2)13-8-11-4-5-12(13)7-11/h9-13H,3-8H2,1-2H3,(H2,18,19,20,21). The lowest BCUT2D eigenvalue weighted by Gasteiger charge is -2.29. The van der Waals surface area contributed by atoms with Crippen molar-refractivity contribution in [3.63, 3.8) is 0 Å². The van der Waals surface area contributed by atoms with Gasteiger partial charge in [0.05, 0.1) is 6.20 Å². The first-order chi connectivity index (χ1) is 10.2. The smallest absolute Gasteiger partial charge is 0.224 e. The van der Waals surface area contributed by atoms with E-state index in [2.05, 4.69) is 34.4 Å². The van der Waals surface area contributed by atoms with E-state index in [-0.39, 0.29) is 0 Å². The maximum absolute atomic E-state index is 6.24. The molecule has 5 heteroatoms. The van der Waals surface area contributed by atoms with Crippen LogP contribution in [0.1, 0.15) is 46.0 Å². The van der Waals surface area contributed by atoms with Crippen LogP contribution in [0, 0.1) is 17.8 Å². The topological polar surface area (TPSA) is 49.8 Å². The molecule has 0 aliphatic heterocycles. The molecule has 2 bridgehead atoms. The van der Waals surface area contributed by atoms with Crippen LogP contribution in [0.3, 0.4) is 0 Å². The number of halogens is 1. The predicted octanol–water partition coefficient (Wildman–Crippen LogP) is 4.19. The molecular formula is C16H25ClN4. The summed E-state index contributed by atoms with van der Waals surface area (Å²) in [5, 5.41) is 7.35. The van der Waals surface area contributed by atoms with Crippen LogP contribution >= 0.6 is 11.6 Å². The van der Waals surface area contributed by atoms with Crippen LogP contribution in [0.4, 0.5) is 11.8 Å². The van der Waals surface area contributed by atoms with Crippen LogP contribution in [0.15, 0.2) is 6.20 Å². The highest BCUT2D eigenvalue weighted by Gasteiger charge is 2.41. The van der Waals surface area contributed by atoms with Gasteiger partial charge in [0, 0.05) is 12.6 Å². The van der Waals surface area contributed by atoms with Gasteiger partial charge in [-0.15, -0.1) is 0 Å². The molecule has 0 aromatic carbocycles. The minimum absolute atomic E-state index is 0.423. The van der Waals surface area contributed by atoms with Crippen molar-refractivity contribution in [1.82, 2.24) is 9.97 Å². The van der Waals surface area contributed by atoms with Gasteiger partial charge >= 0.3 is 0 Å². The minimum atomic E-state index is 0.423. The third-order valence-electron chi connectivity index (χ3n) is 5.08. The van der Waals surface area contributed by atoms with Crippen molar-refractivity contribution in [3.05, 3.63) is 11.2 Å². The molecule has 0 amide bonds. The van der Waals surface area contributed by atoms with E-state index in [4.69, 9.17) is 11.6 Å². The van der Waals surface area contributed by atoms with Gasteiger partial charge in [-0.05, 0) is 50.4 Å². The molecule has 2 aliphatic carbocycles. The number of hydrogen-bond acceptors (Lipinski definition) is 4. The molecule has 0 spiro atoms. The van der Waals surface area contributed by atoms with Gasteiger partial charge in [-0.3, -0.25) is 0 Å². The first-order valence-corrected chi connectivity index (χ1v) is 8.58. The first-order valence-electron chi connectivity index (χ1n) is 8.20. The molecular weight excluding hydrogens is 284 g/mol. The third-order valence-corrected chi connectivity index (χ3v) is 5.35. The van der Waals surface area contributed by atoms with Gasteiger partial charge in [-0.2, -0.15) is 4.98 Å². The number of anilines is 2. The van der Waals surface area contributed by atoms with Crippen LogP contribution in [0.25, 0.3) is 0 Å². The monoisotopic (exact) mass is 308 g/mol. The lowest BCUT2D eigenvalue weighted by Crippen LogP contribution is -2.30. The first kappa shape index (κ1) is 14.9. The Kier molecular flexibility index (Phi) is 4.53. The van der Waals surface area contributed by atoms with Crippen LogP contribution in [-0.2, 0) is 0 Å². The van der Waals surface area contributed by atoms with Gasteiger partial charge in [-0.1, -0.05) is 24.9 Å². The quantitative estimate of drug-likeness (QED) is 0.827. The van der Waals surface area contributed by atoms with Crippen molar-refractivity contribution in [2.75, 3.05) is 17.2 Å². The van der Waals surface area contributed by atoms with Crippen LogP contribution < -0.4 is 10.6 Å². The molecule has 4 unspecified atom stereocenters. The molecule has 1 heterocycles. The summed E-state index contributed by atoms with van der Waals surface area (Å²) in [7, 11) is 0. The largest absolute Gasteiger partial charge is 0.366 e. The summed E-state index contributed by atoms with van der Waals surface area (Å²) >= 11 is 6.24. The molecule has 0 radical (unpaired) electrons. The molecule has 2 aliphatic rings. The van der Waals surface area contributed by atoms with Crippen molar-refractivity contribution in [1.29, 1.82) is 0 Å². The SMILES string of the molecule is CCCNc1ncc(Cl)c(NC(C)C2CC3CCC2C3)n1. The Labute approximate surface area is 132 Å². The Hall–Kier alpha value is -1.03. The second-order valence-electron chi connectivity index (χ2n) is 6.59. The molecule has 1 aromatic rings. The Morgan fingerprint density at radius 3 is 2.90 bits per heavy atom. The Morgan fingerprint density at radius 2 is 2.24 bits per heavy atom. The predicted molar refractivity (Wildman–Crippen MR) is 87.8 cm³/mol. The average Bonchev–Trinajstić information content (AvgIpc) is 3.10. The van der Waals surface area contributed by atoms with Crippen molar-refractivity contribution in [2.24, 2.45) is 17.8 Å². The summed E-state index contributed by atoms with van der Waals surface area (Å²) in [5.41, 5.74) is 0. The van der Waals surface area contributed by atoms with Crippen molar-refractivity contribution >= 4 is 23.4 Å². The Balaban J connectivity index is 1.66. The summed E-state index contributed by atoms with van der Waals surface area (Å²) in [4.78, 5) is 8.74. The van der Waals surface area contributed by atoms with E-state index in [1.807, 2.05) is 0 Å². The van der Waals surface area contributed by atoms with Crippen LogP contribution in [-0.4, -0.2) is 22.6 Å². The normalized spacial score (nSPS) is 28.6. The summed E-state index contributed by atoms with van der Waals surface area (Å²) in [6.07, 6.45) is 8.37. The molecule has 116 valence electrons. The lowest BCUT2D eigenvalue weighted by molar-refractivity contribution is 0.304. The third kappa shape index (κ3) is 3.25. The maximum atomic E-state index is 6.24. The van der Waals surface area contributed by atoms with E-state index in [0.717, 1.165) is 36.5 Å². The lowest BCUT2D eigenvalue weighted by atomic mass is 9.84. The van der Waals surface area contributed by atoms with Crippen LogP contribution in [0.2, 0.25) is 5.02 Å². The van der Waals surface area contributed by atoms with Gasteiger partial charge < -0.3 is 10.6 Å². The average molecular weight is 309 g/mol. The zero-order chi connectivity index (χ0) is 14.8. The fourth-order valence-corrected chi connectivity index (χ4v) is 4.16. The van der Waals surface area contributed by atoms with Crippen LogP contribution in [0.5, 0.6) is 0 Å². The molecule has 1 aromatic heterocycles. The van der Waals surface area contributed by atoms with E-state index in [9.17, 15) is 0 Å². The summed E-state index contributed by atoms with van der Waals surface area (Å²) in [5.74, 6) is 4.05. The fourth-order valence-electron chi connectivity index (χ4n) is 4.02. The Bertz CT molecular complexity index is 493. The molecule has 2 saturated carbocycles. The van der Waals surface area contributed by atoms with E-state index in [0.29, 0.717) is 17.0 Å². The highest BCUT2D eigenvalue weighted by Crippen LogP contribution is 2.49. The zero-order valence-corrected chi connectivity index (χ0v) is 13.7. The number of aromatic nitrogens is 2. The van der Waals surface area contributed by atoms with E-state index >= 15 is 0 Å². The molecule has 2 fully saturated rings. The number of rotatable bonds is 6. The molecule has 2 N–H and O–H groups in total. The molecule has 4 nitrogen and oxygen atoms in total. The van der Waals surface area contributed by atoms with Crippen molar-refractivity contribution < 1.29 is 0 Å². The highest BCUT2D eigenvalue weighted by molar-refractivity contribution is 6.32. The van der Waals surface area contributed by atoms with Crippen molar-refractivity contribution in [2.45, 2.75) is 52.0 Å². The van der Waals surface area contributed by atoms with Gasteiger partial charge in [0.2, 0.25) is 5.95 Å². The zero-order valence-electron chi connectivity index (χ0n) is 12.9. The number of fused-ring (bicyclic) bond motifs is 2. The van der Waals surface area contributed by atoms with Crippen molar-refractivity contribution in [3.8, 4) is 0 Å². The Morgan fingerprint density at radius 1 is 1.38 bits per heavy atom. The molecule has 3 rings (SSSR count). The molecule has 21 heavy (non-hydrogen) atoms. The summed E-state index contributed by atoms with van der Waals surface area (Å²) < 4.78 is 0. The molecule has 0 saturated heterocycles. The number of hydrogen-bond donors (Lipinski definition) is 2. The summed E-state index contributed by atoms with van der Waals surface area (Å²) in [6, 6.07) is 0.423. The second-order valence-corrected chi connectivity index (χ2v) is 7.00. The van der Waals surface area contributed by atoms with E-state index in [1.165, 1.54) is 25.7 Å². The number of nitrogens with zero attached hydrogens (tertiary/aromatic N) is 2. The van der Waals surface area contributed by atoms with Gasteiger partial charge in [0.1, 0.15) is 5.02 Å². The molecule has 4 atom stereocenters. The summed E-state index contributed by atoms with van der Waals surface area (Å²) in [6.45, 7) is 5.27. The van der Waals surface area contributed by atoms with Gasteiger partial charge in [-0.25, -0.2) is 4.98 Å². The minimum Gasteiger partial charge on any atom is -0.366 e. The van der Waals surface area contributed by atoms with Gasteiger partial charge in [0.25, 0.3) is 0 Å². The van der Waals surface area contributed by atoms with E-state index < -0.39 is 0 Å². The van der Waals surface area contributed by atoms with Gasteiger partial charge in [0.15, 0.2) is 5.82 Å². The fraction of sp³-hybridized carbons (Fsp3) is 0.750. The highest BCUT2D eigenvalue weighted by atomic mass is 35.5. The van der Waals surface area contributed by atoms with E-state index in [1.54, 1.807) is 6.20 Å².